The molecule has 0 atom stereocenters. The van der Waals surface area contributed by atoms with Crippen LogP contribution >= 0.6 is 0 Å². The lowest BCUT2D eigenvalue weighted by Crippen LogP contribution is -2.05. The molecule has 2 aromatic carbocycles. The van der Waals surface area contributed by atoms with Crippen LogP contribution in [-0.4, -0.2) is 0 Å². The van der Waals surface area contributed by atoms with Gasteiger partial charge < -0.3 is 5.32 Å². The maximum absolute atomic E-state index is 13.7. The standard InChI is InChI=1S/C15H14F3N/c1-9-3-5-11(7-13(9)17)8-19-15-12(16)6-4-10(2)14(15)18/h3-7,19H,8H2,1-2H3. The van der Waals surface area contributed by atoms with Crippen molar-refractivity contribution in [2.24, 2.45) is 0 Å². The number of nitrogens with one attached hydrogen (secondary N) is 1. The topological polar surface area (TPSA) is 12.0 Å². The number of rotatable bonds is 3. The maximum atomic E-state index is 13.7. The van der Waals surface area contributed by atoms with Crippen molar-refractivity contribution >= 4 is 5.69 Å². The number of halogens is 3. The molecule has 0 radical (unpaired) electrons. The van der Waals surface area contributed by atoms with Crippen molar-refractivity contribution < 1.29 is 13.2 Å². The van der Waals surface area contributed by atoms with Gasteiger partial charge in [0.2, 0.25) is 0 Å². The van der Waals surface area contributed by atoms with Gasteiger partial charge in [0.15, 0.2) is 5.82 Å². The summed E-state index contributed by atoms with van der Waals surface area (Å²) in [5.41, 5.74) is 1.35. The van der Waals surface area contributed by atoms with Gasteiger partial charge in [0.25, 0.3) is 0 Å². The highest BCUT2D eigenvalue weighted by Crippen LogP contribution is 2.22. The Balaban J connectivity index is 2.19. The van der Waals surface area contributed by atoms with E-state index in [1.165, 1.54) is 18.2 Å². The molecule has 1 nitrogen and oxygen atoms in total. The van der Waals surface area contributed by atoms with E-state index in [9.17, 15) is 13.2 Å². The smallest absolute Gasteiger partial charge is 0.152 e. The normalized spacial score (nSPS) is 10.6. The molecular formula is C15H14F3N. The Morgan fingerprint density at radius 3 is 2.26 bits per heavy atom. The highest BCUT2D eigenvalue weighted by atomic mass is 19.1. The first-order valence-electron chi connectivity index (χ1n) is 5.92. The molecule has 0 aromatic heterocycles. The third-order valence-electron chi connectivity index (χ3n) is 2.99. The Bertz CT molecular complexity index is 609. The molecule has 0 spiro atoms. The monoisotopic (exact) mass is 265 g/mol. The molecule has 2 rings (SSSR count). The highest BCUT2D eigenvalue weighted by Gasteiger charge is 2.11. The van der Waals surface area contributed by atoms with E-state index in [1.54, 1.807) is 26.0 Å². The summed E-state index contributed by atoms with van der Waals surface area (Å²) < 4.78 is 40.6. The Labute approximate surface area is 110 Å². The molecule has 0 saturated carbocycles. The number of hydrogen-bond acceptors (Lipinski definition) is 1. The van der Waals surface area contributed by atoms with Crippen LogP contribution in [0.15, 0.2) is 30.3 Å². The zero-order valence-corrected chi connectivity index (χ0v) is 10.7. The number of anilines is 1. The molecule has 0 unspecified atom stereocenters. The molecule has 4 heteroatoms. The second-order valence-electron chi connectivity index (χ2n) is 4.49. The van der Waals surface area contributed by atoms with Crippen LogP contribution in [0.3, 0.4) is 0 Å². The average molecular weight is 265 g/mol. The Morgan fingerprint density at radius 2 is 1.58 bits per heavy atom. The van der Waals surface area contributed by atoms with Gasteiger partial charge in [0.05, 0.1) is 0 Å². The predicted molar refractivity (Wildman–Crippen MR) is 69.6 cm³/mol. The van der Waals surface area contributed by atoms with Crippen molar-refractivity contribution in [2.45, 2.75) is 20.4 Å². The molecule has 100 valence electrons. The molecule has 0 saturated heterocycles. The zero-order valence-electron chi connectivity index (χ0n) is 10.7. The summed E-state index contributed by atoms with van der Waals surface area (Å²) in [7, 11) is 0. The van der Waals surface area contributed by atoms with Crippen LogP contribution in [0.1, 0.15) is 16.7 Å². The Kier molecular flexibility index (Phi) is 3.79. The van der Waals surface area contributed by atoms with E-state index < -0.39 is 11.6 Å². The lowest BCUT2D eigenvalue weighted by atomic mass is 10.1. The number of aryl methyl sites for hydroxylation is 2. The molecule has 0 aliphatic rings. The van der Waals surface area contributed by atoms with Gasteiger partial charge in [-0.15, -0.1) is 0 Å². The molecule has 0 aliphatic carbocycles. The number of benzene rings is 2. The number of hydrogen-bond donors (Lipinski definition) is 1. The Morgan fingerprint density at radius 1 is 0.895 bits per heavy atom. The SMILES string of the molecule is Cc1ccc(CNc2c(F)ccc(C)c2F)cc1F. The summed E-state index contributed by atoms with van der Waals surface area (Å²) in [5, 5.41) is 2.67. The summed E-state index contributed by atoms with van der Waals surface area (Å²) in [6, 6.07) is 7.29. The van der Waals surface area contributed by atoms with Gasteiger partial charge in [-0.25, -0.2) is 13.2 Å². The van der Waals surface area contributed by atoms with E-state index in [1.807, 2.05) is 0 Å². The fourth-order valence-corrected chi connectivity index (χ4v) is 1.76. The first-order valence-corrected chi connectivity index (χ1v) is 5.92. The van der Waals surface area contributed by atoms with Crippen LogP contribution in [0.25, 0.3) is 0 Å². The van der Waals surface area contributed by atoms with Crippen LogP contribution in [0.4, 0.5) is 18.9 Å². The van der Waals surface area contributed by atoms with Crippen LogP contribution in [-0.2, 0) is 6.54 Å². The molecule has 19 heavy (non-hydrogen) atoms. The molecule has 0 aliphatic heterocycles. The lowest BCUT2D eigenvalue weighted by molar-refractivity contribution is 0.582. The predicted octanol–water partition coefficient (Wildman–Crippen LogP) is 4.33. The van der Waals surface area contributed by atoms with Gasteiger partial charge in [-0.05, 0) is 42.7 Å². The molecule has 0 fully saturated rings. The van der Waals surface area contributed by atoms with Gasteiger partial charge in [0, 0.05) is 6.54 Å². The van der Waals surface area contributed by atoms with Crippen molar-refractivity contribution in [2.75, 3.05) is 5.32 Å². The van der Waals surface area contributed by atoms with Crippen molar-refractivity contribution in [1.29, 1.82) is 0 Å². The minimum absolute atomic E-state index is 0.161. The van der Waals surface area contributed by atoms with Gasteiger partial charge >= 0.3 is 0 Å². The second-order valence-corrected chi connectivity index (χ2v) is 4.49. The third kappa shape index (κ3) is 2.89. The van der Waals surface area contributed by atoms with Crippen LogP contribution in [0, 0.1) is 31.3 Å². The average Bonchev–Trinajstić information content (AvgIpc) is 2.38. The first kappa shape index (κ1) is 13.5. The maximum Gasteiger partial charge on any atom is 0.152 e. The van der Waals surface area contributed by atoms with E-state index in [-0.39, 0.29) is 18.0 Å². The Hall–Kier alpha value is -1.97. The fourth-order valence-electron chi connectivity index (χ4n) is 1.76. The van der Waals surface area contributed by atoms with Crippen molar-refractivity contribution in [1.82, 2.24) is 0 Å². The van der Waals surface area contributed by atoms with Crippen LogP contribution < -0.4 is 5.32 Å². The first-order chi connectivity index (χ1) is 8.99. The molecule has 0 amide bonds. The lowest BCUT2D eigenvalue weighted by Gasteiger charge is -2.11. The molecule has 1 N–H and O–H groups in total. The molecule has 0 bridgehead atoms. The quantitative estimate of drug-likeness (QED) is 0.870. The second kappa shape index (κ2) is 5.34. The minimum Gasteiger partial charge on any atom is -0.376 e. The summed E-state index contributed by atoms with van der Waals surface area (Å²) in [6.07, 6.45) is 0. The third-order valence-corrected chi connectivity index (χ3v) is 2.99. The largest absolute Gasteiger partial charge is 0.376 e. The fraction of sp³-hybridized carbons (Fsp3) is 0.200. The van der Waals surface area contributed by atoms with E-state index in [2.05, 4.69) is 5.32 Å². The van der Waals surface area contributed by atoms with Gasteiger partial charge in [-0.2, -0.15) is 0 Å². The highest BCUT2D eigenvalue weighted by molar-refractivity contribution is 5.49. The van der Waals surface area contributed by atoms with Crippen molar-refractivity contribution in [3.05, 3.63) is 64.5 Å². The van der Waals surface area contributed by atoms with E-state index >= 15 is 0 Å². The minimum atomic E-state index is -0.657. The molecule has 0 heterocycles. The zero-order chi connectivity index (χ0) is 14.0. The van der Waals surface area contributed by atoms with E-state index in [0.717, 1.165) is 0 Å². The summed E-state index contributed by atoms with van der Waals surface area (Å²) in [4.78, 5) is 0. The van der Waals surface area contributed by atoms with Crippen molar-refractivity contribution in [3.63, 3.8) is 0 Å². The van der Waals surface area contributed by atoms with Crippen molar-refractivity contribution in [3.8, 4) is 0 Å². The summed E-state index contributed by atoms with van der Waals surface area (Å²) >= 11 is 0. The van der Waals surface area contributed by atoms with Gasteiger partial charge in [-0.3, -0.25) is 0 Å². The molecular weight excluding hydrogens is 251 g/mol. The van der Waals surface area contributed by atoms with Gasteiger partial charge in [0.1, 0.15) is 17.3 Å². The van der Waals surface area contributed by atoms with Gasteiger partial charge in [-0.1, -0.05) is 18.2 Å². The summed E-state index contributed by atoms with van der Waals surface area (Å²) in [6.45, 7) is 3.38. The van der Waals surface area contributed by atoms with Crippen LogP contribution in [0.2, 0.25) is 0 Å². The molecule has 2 aromatic rings. The summed E-state index contributed by atoms with van der Waals surface area (Å²) in [5.74, 6) is -1.60. The van der Waals surface area contributed by atoms with E-state index in [4.69, 9.17) is 0 Å². The van der Waals surface area contributed by atoms with E-state index in [0.29, 0.717) is 16.7 Å². The van der Waals surface area contributed by atoms with Crippen LogP contribution in [0.5, 0.6) is 0 Å².